The van der Waals surface area contributed by atoms with E-state index >= 15 is 0 Å². The van der Waals surface area contributed by atoms with E-state index in [2.05, 4.69) is 121 Å². The zero-order valence-electron chi connectivity index (χ0n) is 21.8. The normalized spacial score (nSPS) is 15.2. The van der Waals surface area contributed by atoms with Crippen molar-refractivity contribution < 1.29 is 7.73 Å². The van der Waals surface area contributed by atoms with Gasteiger partial charge in [-0.3, -0.25) is 0 Å². The van der Waals surface area contributed by atoms with Crippen molar-refractivity contribution in [1.29, 1.82) is 0 Å². The summed E-state index contributed by atoms with van der Waals surface area (Å²) in [6, 6.07) is 42.4. The van der Waals surface area contributed by atoms with Crippen LogP contribution in [0.2, 0.25) is 0 Å². The van der Waals surface area contributed by atoms with Crippen molar-refractivity contribution in [2.75, 3.05) is 28.2 Å². The summed E-state index contributed by atoms with van der Waals surface area (Å²) in [6.45, 7) is 0. The fourth-order valence-corrected chi connectivity index (χ4v) is 13.4. The summed E-state index contributed by atoms with van der Waals surface area (Å²) < 4.78 is 16.3. The van der Waals surface area contributed by atoms with Gasteiger partial charge in [-0.05, 0) is 0 Å². The van der Waals surface area contributed by atoms with Crippen molar-refractivity contribution in [1.82, 2.24) is 10.1 Å². The van der Waals surface area contributed by atoms with E-state index in [-0.39, 0.29) is 0 Å². The molecule has 0 N–H and O–H groups in total. The SMILES string of the molecule is CN(C)[O][Ge]1([O]N(C)C)[C](c2ccccc2)=C(c2ccccc2)C(c2ccccc2)=[C]1c1ccccc1. The van der Waals surface area contributed by atoms with Gasteiger partial charge in [0, 0.05) is 0 Å². The number of benzene rings is 4. The monoisotopic (exact) mass is 550 g/mol. The molecule has 0 radical (unpaired) electrons. The summed E-state index contributed by atoms with van der Waals surface area (Å²) in [5, 5.41) is 3.62. The molecule has 0 bridgehead atoms. The topological polar surface area (TPSA) is 24.9 Å². The molecule has 0 saturated heterocycles. The molecule has 0 unspecified atom stereocenters. The van der Waals surface area contributed by atoms with Gasteiger partial charge < -0.3 is 0 Å². The van der Waals surface area contributed by atoms with Crippen LogP contribution >= 0.6 is 0 Å². The van der Waals surface area contributed by atoms with E-state index in [1.807, 2.05) is 38.3 Å². The summed E-state index contributed by atoms with van der Waals surface area (Å²) in [6.07, 6.45) is 0. The summed E-state index contributed by atoms with van der Waals surface area (Å²) in [4.78, 5) is 0. The second-order valence-electron chi connectivity index (χ2n) is 9.39. The van der Waals surface area contributed by atoms with E-state index in [1.54, 1.807) is 0 Å². The van der Waals surface area contributed by atoms with Gasteiger partial charge in [-0.25, -0.2) is 0 Å². The van der Waals surface area contributed by atoms with E-state index < -0.39 is 13.9 Å². The average Bonchev–Trinajstić information content (AvgIpc) is 3.19. The molecule has 4 aromatic carbocycles. The third kappa shape index (κ3) is 4.99. The molecule has 0 fully saturated rings. The molecule has 186 valence electrons. The Hall–Kier alpha value is -3.26. The Morgan fingerprint density at radius 3 is 0.946 bits per heavy atom. The number of hydrogen-bond donors (Lipinski definition) is 0. The van der Waals surface area contributed by atoms with Crippen molar-refractivity contribution in [3.63, 3.8) is 0 Å². The van der Waals surface area contributed by atoms with Crippen LogP contribution in [0.15, 0.2) is 121 Å². The van der Waals surface area contributed by atoms with Gasteiger partial charge in [-0.15, -0.1) is 0 Å². The van der Waals surface area contributed by atoms with Crippen molar-refractivity contribution >= 4 is 33.9 Å². The minimum atomic E-state index is -4.12. The summed E-state index contributed by atoms with van der Waals surface area (Å²) >= 11 is -4.12. The van der Waals surface area contributed by atoms with Gasteiger partial charge in [-0.2, -0.15) is 0 Å². The first kappa shape index (κ1) is 25.4. The van der Waals surface area contributed by atoms with E-state index in [0.29, 0.717) is 0 Å². The molecule has 4 aromatic rings. The standard InChI is InChI=1S/C32H32GeN2O2/c1-34(2)36-33(37-35(3)4)31(27-21-13-7-14-22-27)29(25-17-9-5-10-18-25)30(26-19-11-6-12-20-26)32(33)28-23-15-8-16-24-28/h5-24H,1-4H3. The molecular weight excluding hydrogens is 517 g/mol. The Morgan fingerprint density at radius 1 is 0.405 bits per heavy atom. The second kappa shape index (κ2) is 11.0. The van der Waals surface area contributed by atoms with Crippen LogP contribution in [0.1, 0.15) is 22.3 Å². The van der Waals surface area contributed by atoms with Gasteiger partial charge in [0.1, 0.15) is 0 Å². The maximum atomic E-state index is 6.99. The van der Waals surface area contributed by atoms with Crippen LogP contribution in [0.4, 0.5) is 0 Å². The molecule has 1 heterocycles. The molecule has 0 spiro atoms. The Labute approximate surface area is 223 Å². The van der Waals surface area contributed by atoms with Crippen molar-refractivity contribution in [2.45, 2.75) is 0 Å². The quantitative estimate of drug-likeness (QED) is 0.180. The predicted molar refractivity (Wildman–Crippen MR) is 155 cm³/mol. The third-order valence-corrected chi connectivity index (χ3v) is 13.9. The Kier molecular flexibility index (Phi) is 7.56. The van der Waals surface area contributed by atoms with Crippen molar-refractivity contribution in [3.8, 4) is 0 Å². The van der Waals surface area contributed by atoms with Crippen LogP contribution in [0, 0.1) is 0 Å². The Balaban J connectivity index is 2.00. The minimum absolute atomic E-state index is 1.12. The van der Waals surface area contributed by atoms with Gasteiger partial charge in [0.05, 0.1) is 0 Å². The number of rotatable bonds is 8. The molecule has 0 saturated carbocycles. The molecule has 4 nitrogen and oxygen atoms in total. The maximum absolute atomic E-state index is 6.99. The molecule has 0 atom stereocenters. The number of hydroxylamine groups is 4. The molecule has 5 heteroatoms. The number of nitrogens with zero attached hydrogens (tertiary/aromatic N) is 2. The summed E-state index contributed by atoms with van der Waals surface area (Å²) in [5.74, 6) is 0. The molecule has 37 heavy (non-hydrogen) atoms. The molecule has 5 rings (SSSR count). The van der Waals surface area contributed by atoms with Gasteiger partial charge in [-0.1, -0.05) is 0 Å². The van der Waals surface area contributed by atoms with Crippen LogP contribution < -0.4 is 0 Å². The fourth-order valence-electron chi connectivity index (χ4n) is 5.08. The molecule has 1 aliphatic heterocycles. The number of hydrogen-bond acceptors (Lipinski definition) is 4. The van der Waals surface area contributed by atoms with Gasteiger partial charge in [0.15, 0.2) is 0 Å². The summed E-state index contributed by atoms with van der Waals surface area (Å²) in [7, 11) is 7.78. The van der Waals surface area contributed by atoms with Crippen LogP contribution in [0.5, 0.6) is 0 Å². The van der Waals surface area contributed by atoms with E-state index in [9.17, 15) is 0 Å². The zero-order chi connectivity index (χ0) is 25.8. The van der Waals surface area contributed by atoms with E-state index in [0.717, 1.165) is 31.1 Å². The third-order valence-electron chi connectivity index (χ3n) is 6.28. The van der Waals surface area contributed by atoms with Crippen LogP contribution in [0.25, 0.3) is 20.0 Å². The average molecular weight is 549 g/mol. The molecular formula is C32H32GeN2O2. The molecule has 0 aliphatic carbocycles. The predicted octanol–water partition coefficient (Wildman–Crippen LogP) is 6.73. The summed E-state index contributed by atoms with van der Waals surface area (Å²) in [5.41, 5.74) is 6.85. The van der Waals surface area contributed by atoms with E-state index in [4.69, 9.17) is 7.73 Å². The molecule has 0 amide bonds. The molecule has 1 aliphatic rings. The van der Waals surface area contributed by atoms with Gasteiger partial charge in [0.2, 0.25) is 0 Å². The first-order valence-electron chi connectivity index (χ1n) is 12.5. The van der Waals surface area contributed by atoms with Crippen LogP contribution in [0.3, 0.4) is 0 Å². The Bertz CT molecular complexity index is 1290. The second-order valence-corrected chi connectivity index (χ2v) is 14.8. The molecule has 0 aromatic heterocycles. The van der Waals surface area contributed by atoms with Crippen molar-refractivity contribution in [3.05, 3.63) is 144 Å². The first-order valence-corrected chi connectivity index (χ1v) is 16.3. The number of allylic oxidation sites excluding steroid dienone is 2. The van der Waals surface area contributed by atoms with Crippen molar-refractivity contribution in [2.24, 2.45) is 0 Å². The van der Waals surface area contributed by atoms with Gasteiger partial charge >= 0.3 is 224 Å². The zero-order valence-corrected chi connectivity index (χ0v) is 23.9. The Morgan fingerprint density at radius 2 is 0.676 bits per heavy atom. The van der Waals surface area contributed by atoms with Crippen LogP contribution in [-0.2, 0) is 7.73 Å². The van der Waals surface area contributed by atoms with Crippen LogP contribution in [-0.4, -0.2) is 52.3 Å². The first-order chi connectivity index (χ1) is 18.0. The van der Waals surface area contributed by atoms with E-state index in [1.165, 1.54) is 11.1 Å². The fraction of sp³-hybridized carbons (Fsp3) is 0.125. The van der Waals surface area contributed by atoms with Gasteiger partial charge in [0.25, 0.3) is 0 Å².